The van der Waals surface area contributed by atoms with Gasteiger partial charge in [0.1, 0.15) is 6.61 Å². The Hall–Kier alpha value is -3.37. The molecule has 1 aromatic heterocycles. The molecule has 0 aliphatic rings. The molecule has 0 radical (unpaired) electrons. The van der Waals surface area contributed by atoms with Crippen LogP contribution in [0.2, 0.25) is 15.1 Å². The topological polar surface area (TPSA) is 103 Å². The maximum Gasteiger partial charge on any atom is 0.281 e. The Balaban J connectivity index is 1.46. The van der Waals surface area contributed by atoms with E-state index in [1.165, 1.54) is 29.7 Å². The highest BCUT2D eigenvalue weighted by Crippen LogP contribution is 2.37. The molecular weight excluding hydrogens is 561 g/mol. The molecule has 3 aromatic carbocycles. The number of hydrazone groups is 1. The zero-order chi connectivity index (χ0) is 26.5. The van der Waals surface area contributed by atoms with Gasteiger partial charge in [0.25, 0.3) is 11.6 Å². The molecule has 0 bridgehead atoms. The first-order chi connectivity index (χ1) is 17.7. The van der Waals surface area contributed by atoms with E-state index in [1.807, 2.05) is 6.92 Å². The second kappa shape index (κ2) is 11.8. The molecule has 0 saturated carbocycles. The van der Waals surface area contributed by atoms with Crippen LogP contribution in [0.15, 0.2) is 59.7 Å². The zero-order valence-electron chi connectivity index (χ0n) is 19.2. The molecule has 0 aliphatic heterocycles. The summed E-state index contributed by atoms with van der Waals surface area (Å²) in [4.78, 5) is 23.4. The van der Waals surface area contributed by atoms with Crippen molar-refractivity contribution in [2.75, 3.05) is 6.61 Å². The smallest absolute Gasteiger partial charge is 0.281 e. The Morgan fingerprint density at radius 2 is 1.86 bits per heavy atom. The quantitative estimate of drug-likeness (QED) is 0.126. The van der Waals surface area contributed by atoms with Gasteiger partial charge in [-0.1, -0.05) is 40.9 Å². The SMILES string of the molecule is CCOc1cc(/C=N\NC(=O)c2cc3cc([N+](=O)[O-])ccc3s2)cc(Cl)c1OCc1ccc(Cl)c(Cl)c1. The molecule has 8 nitrogen and oxygen atoms in total. The monoisotopic (exact) mass is 577 g/mol. The van der Waals surface area contributed by atoms with Crippen molar-refractivity contribution < 1.29 is 19.2 Å². The molecule has 4 aromatic rings. The van der Waals surface area contributed by atoms with Crippen molar-refractivity contribution in [1.29, 1.82) is 0 Å². The van der Waals surface area contributed by atoms with Gasteiger partial charge in [0.05, 0.1) is 37.7 Å². The zero-order valence-corrected chi connectivity index (χ0v) is 22.2. The van der Waals surface area contributed by atoms with Crippen molar-refractivity contribution in [3.05, 3.63) is 95.8 Å². The first kappa shape index (κ1) is 26.7. The number of benzene rings is 3. The van der Waals surface area contributed by atoms with Crippen molar-refractivity contribution in [3.8, 4) is 11.5 Å². The van der Waals surface area contributed by atoms with Crippen LogP contribution in [-0.4, -0.2) is 23.7 Å². The molecular formula is C25H18Cl3N3O5S. The minimum absolute atomic E-state index is 0.0401. The molecule has 1 heterocycles. The first-order valence-electron chi connectivity index (χ1n) is 10.8. The summed E-state index contributed by atoms with van der Waals surface area (Å²) in [5.74, 6) is 0.321. The van der Waals surface area contributed by atoms with E-state index in [-0.39, 0.29) is 12.3 Å². The third-order valence-corrected chi connectivity index (χ3v) is 7.15. The van der Waals surface area contributed by atoms with E-state index < -0.39 is 10.8 Å². The number of nitrogens with zero attached hydrogens (tertiary/aromatic N) is 2. The Morgan fingerprint density at radius 1 is 1.05 bits per heavy atom. The summed E-state index contributed by atoms with van der Waals surface area (Å²) in [6, 6.07) is 14.5. The third-order valence-electron chi connectivity index (χ3n) is 5.01. The normalized spacial score (nSPS) is 11.1. The number of hydrogen-bond donors (Lipinski definition) is 1. The van der Waals surface area contributed by atoms with Gasteiger partial charge in [-0.05, 0) is 54.4 Å². The highest BCUT2D eigenvalue weighted by molar-refractivity contribution is 7.20. The highest BCUT2D eigenvalue weighted by Gasteiger charge is 2.15. The van der Waals surface area contributed by atoms with E-state index in [0.717, 1.165) is 10.3 Å². The molecule has 0 atom stereocenters. The number of carbonyl (C=O) groups excluding carboxylic acids is 1. The van der Waals surface area contributed by atoms with Crippen LogP contribution >= 0.6 is 46.1 Å². The molecule has 0 saturated heterocycles. The number of fused-ring (bicyclic) bond motifs is 1. The second-order valence-electron chi connectivity index (χ2n) is 7.59. The minimum atomic E-state index is -0.480. The van der Waals surface area contributed by atoms with Gasteiger partial charge in [0.2, 0.25) is 0 Å². The fourth-order valence-electron chi connectivity index (χ4n) is 3.33. The van der Waals surface area contributed by atoms with Crippen LogP contribution in [0.3, 0.4) is 0 Å². The maximum absolute atomic E-state index is 12.5. The van der Waals surface area contributed by atoms with Crippen LogP contribution in [0.1, 0.15) is 27.7 Å². The maximum atomic E-state index is 12.5. The van der Waals surface area contributed by atoms with Crippen LogP contribution < -0.4 is 14.9 Å². The van der Waals surface area contributed by atoms with Gasteiger partial charge in [0, 0.05) is 22.2 Å². The van der Waals surface area contributed by atoms with Gasteiger partial charge >= 0.3 is 0 Å². The standard InChI is InChI=1S/C25H18Cl3N3O5S/c1-2-35-21-9-15(8-20(28)24(21)36-13-14-3-5-18(26)19(27)7-14)12-29-30-25(32)23-11-16-10-17(31(33)34)4-6-22(16)37-23/h3-12H,2,13H2,1H3,(H,30,32)/b29-12-. The Kier molecular flexibility index (Phi) is 8.50. The Bertz CT molecular complexity index is 1520. The molecule has 0 aliphatic carbocycles. The molecule has 190 valence electrons. The summed E-state index contributed by atoms with van der Waals surface area (Å²) >= 11 is 19.7. The molecule has 1 N–H and O–H groups in total. The number of carbonyl (C=O) groups is 1. The van der Waals surface area contributed by atoms with Crippen LogP contribution in [0.5, 0.6) is 11.5 Å². The van der Waals surface area contributed by atoms with Gasteiger partial charge in [-0.25, -0.2) is 5.43 Å². The Morgan fingerprint density at radius 3 is 2.59 bits per heavy atom. The lowest BCUT2D eigenvalue weighted by Gasteiger charge is -2.14. The predicted octanol–water partition coefficient (Wildman–Crippen LogP) is 7.51. The lowest BCUT2D eigenvalue weighted by Crippen LogP contribution is -2.16. The molecule has 0 spiro atoms. The first-order valence-corrected chi connectivity index (χ1v) is 12.7. The van der Waals surface area contributed by atoms with Gasteiger partial charge in [0.15, 0.2) is 11.5 Å². The fourth-order valence-corrected chi connectivity index (χ4v) is 4.85. The van der Waals surface area contributed by atoms with Gasteiger partial charge in [-0.2, -0.15) is 5.10 Å². The number of halogens is 3. The number of nitrogens with one attached hydrogen (secondary N) is 1. The molecule has 0 fully saturated rings. The van der Waals surface area contributed by atoms with E-state index in [9.17, 15) is 14.9 Å². The van der Waals surface area contributed by atoms with Crippen molar-refractivity contribution >= 4 is 74.0 Å². The number of amides is 1. The third kappa shape index (κ3) is 6.50. The van der Waals surface area contributed by atoms with Crippen LogP contribution in [-0.2, 0) is 6.61 Å². The number of hydrogen-bond acceptors (Lipinski definition) is 7. The summed E-state index contributed by atoms with van der Waals surface area (Å²) in [6.07, 6.45) is 1.42. The average molecular weight is 579 g/mol. The van der Waals surface area contributed by atoms with Crippen LogP contribution in [0.25, 0.3) is 10.1 Å². The van der Waals surface area contributed by atoms with E-state index in [0.29, 0.717) is 49.0 Å². The summed E-state index contributed by atoms with van der Waals surface area (Å²) in [7, 11) is 0. The highest BCUT2D eigenvalue weighted by atomic mass is 35.5. The number of nitro groups is 1. The number of thiophene rings is 1. The number of rotatable bonds is 9. The lowest BCUT2D eigenvalue weighted by atomic mass is 10.2. The molecule has 1 amide bonds. The summed E-state index contributed by atoms with van der Waals surface area (Å²) in [5, 5.41) is 16.8. The van der Waals surface area contributed by atoms with Crippen molar-refractivity contribution in [2.24, 2.45) is 5.10 Å². The second-order valence-corrected chi connectivity index (χ2v) is 9.89. The van der Waals surface area contributed by atoms with E-state index in [4.69, 9.17) is 44.3 Å². The number of ether oxygens (including phenoxy) is 2. The minimum Gasteiger partial charge on any atom is -0.490 e. The largest absolute Gasteiger partial charge is 0.490 e. The van der Waals surface area contributed by atoms with Crippen LogP contribution in [0, 0.1) is 10.1 Å². The summed E-state index contributed by atoms with van der Waals surface area (Å²) in [6.45, 7) is 2.40. The molecule has 0 unspecified atom stereocenters. The van der Waals surface area contributed by atoms with Crippen molar-refractivity contribution in [1.82, 2.24) is 5.43 Å². The molecule has 4 rings (SSSR count). The number of non-ortho nitro benzene ring substituents is 1. The van der Waals surface area contributed by atoms with E-state index >= 15 is 0 Å². The number of nitro benzene ring substituents is 1. The molecule has 37 heavy (non-hydrogen) atoms. The van der Waals surface area contributed by atoms with Crippen molar-refractivity contribution in [3.63, 3.8) is 0 Å². The average Bonchev–Trinajstić information content (AvgIpc) is 3.29. The summed E-state index contributed by atoms with van der Waals surface area (Å²) < 4.78 is 12.3. The summed E-state index contributed by atoms with van der Waals surface area (Å²) in [5.41, 5.74) is 3.79. The predicted molar refractivity (Wildman–Crippen MR) is 147 cm³/mol. The molecule has 12 heteroatoms. The van der Waals surface area contributed by atoms with Crippen LogP contribution in [0.4, 0.5) is 5.69 Å². The lowest BCUT2D eigenvalue weighted by molar-refractivity contribution is -0.384. The van der Waals surface area contributed by atoms with Gasteiger partial charge in [-0.3, -0.25) is 14.9 Å². The van der Waals surface area contributed by atoms with E-state index in [1.54, 1.807) is 42.5 Å². The Labute approximate surface area is 230 Å². The van der Waals surface area contributed by atoms with Gasteiger partial charge < -0.3 is 9.47 Å². The fraction of sp³-hybridized carbons (Fsp3) is 0.120. The van der Waals surface area contributed by atoms with E-state index in [2.05, 4.69) is 10.5 Å². The van der Waals surface area contributed by atoms with Gasteiger partial charge in [-0.15, -0.1) is 11.3 Å². The van der Waals surface area contributed by atoms with Crippen molar-refractivity contribution in [2.45, 2.75) is 13.5 Å².